The topological polar surface area (TPSA) is 23.8 Å². The van der Waals surface area contributed by atoms with Gasteiger partial charge in [0, 0.05) is 0 Å². The lowest BCUT2D eigenvalue weighted by Crippen LogP contribution is -2.12. The number of rotatable bonds is 0. The van der Waals surface area contributed by atoms with Crippen LogP contribution in [0.4, 0.5) is 0 Å². The summed E-state index contributed by atoms with van der Waals surface area (Å²) in [6.45, 7) is 0. The molecule has 14 heavy (non-hydrogen) atoms. The first-order valence-corrected chi connectivity index (χ1v) is 4.53. The Balaban J connectivity index is 2.35. The zero-order valence-corrected chi connectivity index (χ0v) is 7.49. The molecule has 0 aromatic heterocycles. The Morgan fingerprint density at radius 1 is 1.00 bits per heavy atom. The smallest absolute Gasteiger partial charge is 0.0992 e. The summed E-state index contributed by atoms with van der Waals surface area (Å²) in [5.74, 6) is 0. The first-order valence-electron chi connectivity index (χ1n) is 4.53. The summed E-state index contributed by atoms with van der Waals surface area (Å²) in [4.78, 5) is 0. The molecule has 0 unspecified atom stereocenters. The number of nitriles is 1. The number of hydrogen-bond donors (Lipinski definition) is 0. The van der Waals surface area contributed by atoms with Crippen molar-refractivity contribution in [2.75, 3.05) is 0 Å². The predicted octanol–water partition coefficient (Wildman–Crippen LogP) is 1.19. The molecule has 0 heterocycles. The fraction of sp³-hybridized carbons (Fsp3) is 0. The average molecular weight is 177 g/mol. The van der Waals surface area contributed by atoms with Crippen molar-refractivity contribution in [2.24, 2.45) is 0 Å². The summed E-state index contributed by atoms with van der Waals surface area (Å²) in [5.41, 5.74) is 3.14. The van der Waals surface area contributed by atoms with Crippen molar-refractivity contribution in [1.29, 1.82) is 5.26 Å². The van der Waals surface area contributed by atoms with Gasteiger partial charge in [-0.05, 0) is 45.8 Å². The van der Waals surface area contributed by atoms with Gasteiger partial charge in [-0.3, -0.25) is 0 Å². The van der Waals surface area contributed by atoms with Crippen molar-refractivity contribution in [3.8, 4) is 6.07 Å². The molecule has 0 amide bonds. The summed E-state index contributed by atoms with van der Waals surface area (Å²) >= 11 is 0. The number of nitrogens with zero attached hydrogens (tertiary/aromatic N) is 1. The van der Waals surface area contributed by atoms with E-state index in [0.29, 0.717) is 0 Å². The summed E-state index contributed by atoms with van der Waals surface area (Å²) in [6, 6.07) is 6.42. The van der Waals surface area contributed by atoms with Gasteiger partial charge >= 0.3 is 0 Å². The second-order valence-corrected chi connectivity index (χ2v) is 3.49. The van der Waals surface area contributed by atoms with E-state index in [1.165, 1.54) is 10.8 Å². The fourth-order valence-corrected chi connectivity index (χ4v) is 1.90. The second-order valence-electron chi connectivity index (χ2n) is 3.49. The van der Waals surface area contributed by atoms with Crippen LogP contribution in [-0.4, -0.2) is 0 Å². The van der Waals surface area contributed by atoms with Crippen LogP contribution in [0.15, 0.2) is 23.8 Å². The summed E-state index contributed by atoms with van der Waals surface area (Å²) in [5, 5.41) is 11.2. The number of allylic oxidation sites excluding steroid dienone is 2. The van der Waals surface area contributed by atoms with Crippen LogP contribution in [0.25, 0.3) is 24.3 Å². The van der Waals surface area contributed by atoms with Crippen molar-refractivity contribution >= 4 is 24.3 Å². The van der Waals surface area contributed by atoms with Crippen LogP contribution in [0.5, 0.6) is 0 Å². The van der Waals surface area contributed by atoms with Gasteiger partial charge in [0.2, 0.25) is 0 Å². The quantitative estimate of drug-likeness (QED) is 0.584. The second kappa shape index (κ2) is 2.46. The van der Waals surface area contributed by atoms with E-state index in [1.54, 1.807) is 0 Å². The van der Waals surface area contributed by atoms with Crippen molar-refractivity contribution in [3.05, 3.63) is 45.3 Å². The lowest BCUT2D eigenvalue weighted by molar-refractivity contribution is 1.51. The molecule has 2 aliphatic rings. The first-order chi connectivity index (χ1) is 6.86. The molecule has 0 saturated heterocycles. The highest BCUT2D eigenvalue weighted by Gasteiger charge is 2.06. The minimum Gasteiger partial charge on any atom is -0.192 e. The van der Waals surface area contributed by atoms with Crippen LogP contribution >= 0.6 is 0 Å². The van der Waals surface area contributed by atoms with Crippen LogP contribution in [0.3, 0.4) is 0 Å². The van der Waals surface area contributed by atoms with Crippen LogP contribution in [-0.2, 0) is 0 Å². The molecule has 1 heteroatoms. The Morgan fingerprint density at radius 2 is 1.86 bits per heavy atom. The molecule has 0 aliphatic heterocycles. The molecule has 0 atom stereocenters. The molecule has 0 N–H and O–H groups in total. The molecule has 2 aliphatic carbocycles. The summed E-state index contributed by atoms with van der Waals surface area (Å²) in [7, 11) is 0. The molecule has 0 radical (unpaired) electrons. The third-order valence-electron chi connectivity index (χ3n) is 2.59. The van der Waals surface area contributed by atoms with E-state index >= 15 is 0 Å². The normalized spacial score (nSPS) is 14.9. The van der Waals surface area contributed by atoms with Crippen LogP contribution in [0.1, 0.15) is 11.1 Å². The molecule has 64 valence electrons. The molecule has 3 rings (SSSR count). The SMILES string of the molecule is N#CC1=Cc2cc3c(cc2=C1)C=CC=3. The minimum absolute atomic E-state index is 0.743. The van der Waals surface area contributed by atoms with Crippen molar-refractivity contribution < 1.29 is 0 Å². The Hall–Kier alpha value is -2.07. The molecule has 1 nitrogen and oxygen atoms in total. The summed E-state index contributed by atoms with van der Waals surface area (Å²) < 4.78 is 0. The van der Waals surface area contributed by atoms with Crippen LogP contribution in [0, 0.1) is 11.3 Å². The van der Waals surface area contributed by atoms with E-state index in [4.69, 9.17) is 5.26 Å². The maximum absolute atomic E-state index is 8.78. The van der Waals surface area contributed by atoms with Gasteiger partial charge < -0.3 is 0 Å². The molecule has 0 saturated carbocycles. The van der Waals surface area contributed by atoms with Crippen molar-refractivity contribution in [2.45, 2.75) is 0 Å². The zero-order valence-electron chi connectivity index (χ0n) is 7.49. The van der Waals surface area contributed by atoms with Gasteiger partial charge in [-0.1, -0.05) is 18.2 Å². The van der Waals surface area contributed by atoms with E-state index in [1.807, 2.05) is 12.2 Å². The van der Waals surface area contributed by atoms with Crippen molar-refractivity contribution in [3.63, 3.8) is 0 Å². The average Bonchev–Trinajstić information content (AvgIpc) is 2.77. The maximum atomic E-state index is 8.78. The number of fused-ring (bicyclic) bond motifs is 2. The Morgan fingerprint density at radius 3 is 2.71 bits per heavy atom. The Labute approximate surface area is 81.6 Å². The lowest BCUT2D eigenvalue weighted by atomic mass is 10.1. The van der Waals surface area contributed by atoms with Crippen molar-refractivity contribution in [1.82, 2.24) is 0 Å². The van der Waals surface area contributed by atoms with E-state index in [9.17, 15) is 0 Å². The lowest BCUT2D eigenvalue weighted by Gasteiger charge is -1.94. The maximum Gasteiger partial charge on any atom is 0.0992 e. The third kappa shape index (κ3) is 0.884. The van der Waals surface area contributed by atoms with Crippen LogP contribution in [0.2, 0.25) is 0 Å². The Kier molecular flexibility index (Phi) is 1.29. The van der Waals surface area contributed by atoms with Gasteiger partial charge in [0.25, 0.3) is 0 Å². The van der Waals surface area contributed by atoms with Gasteiger partial charge in [-0.15, -0.1) is 0 Å². The largest absolute Gasteiger partial charge is 0.192 e. The van der Waals surface area contributed by atoms with E-state index in [2.05, 4.69) is 36.4 Å². The Bertz CT molecular complexity index is 637. The minimum atomic E-state index is 0.743. The first kappa shape index (κ1) is 7.34. The van der Waals surface area contributed by atoms with E-state index < -0.39 is 0 Å². The van der Waals surface area contributed by atoms with Gasteiger partial charge in [0.15, 0.2) is 0 Å². The number of hydrogen-bond acceptors (Lipinski definition) is 1. The molecular formula is C13H7N. The van der Waals surface area contributed by atoms with Gasteiger partial charge in [-0.2, -0.15) is 5.26 Å². The van der Waals surface area contributed by atoms with Gasteiger partial charge in [0.1, 0.15) is 0 Å². The third-order valence-corrected chi connectivity index (χ3v) is 2.59. The number of benzene rings is 1. The highest BCUT2D eigenvalue weighted by Crippen LogP contribution is 2.11. The molecule has 0 spiro atoms. The predicted molar refractivity (Wildman–Crippen MR) is 57.2 cm³/mol. The fourth-order valence-electron chi connectivity index (χ4n) is 1.90. The summed E-state index contributed by atoms with van der Waals surface area (Å²) in [6.07, 6.45) is 10.1. The van der Waals surface area contributed by atoms with E-state index in [-0.39, 0.29) is 0 Å². The molecular weight excluding hydrogens is 170 g/mol. The highest BCUT2D eigenvalue weighted by atomic mass is 14.2. The molecule has 0 bridgehead atoms. The van der Waals surface area contributed by atoms with Gasteiger partial charge in [-0.25, -0.2) is 0 Å². The highest BCUT2D eigenvalue weighted by molar-refractivity contribution is 5.79. The van der Waals surface area contributed by atoms with Crippen LogP contribution < -0.4 is 10.4 Å². The van der Waals surface area contributed by atoms with E-state index in [0.717, 1.165) is 16.4 Å². The molecule has 0 fully saturated rings. The molecule has 1 aromatic rings. The standard InChI is InChI=1S/C13H7N/c14-8-9-4-12-6-10-2-1-3-11(10)7-13(12)5-9/h1-7H. The monoisotopic (exact) mass is 177 g/mol. The van der Waals surface area contributed by atoms with Gasteiger partial charge in [0.05, 0.1) is 11.6 Å². The molecule has 1 aromatic carbocycles. The zero-order chi connectivity index (χ0) is 9.54.